The molecule has 6 heteroatoms. The molecule has 0 radical (unpaired) electrons. The summed E-state index contributed by atoms with van der Waals surface area (Å²) < 4.78 is 5.23. The fourth-order valence-corrected chi connectivity index (χ4v) is 2.51. The van der Waals surface area contributed by atoms with Gasteiger partial charge in [0.05, 0.1) is 24.7 Å². The number of carbonyl (C=O) groups is 1. The lowest BCUT2D eigenvalue weighted by molar-refractivity contribution is -0.110. The molecule has 0 atom stereocenters. The number of hydrogen-bond donors (Lipinski definition) is 3. The number of methoxy groups -OCH3 is 1. The van der Waals surface area contributed by atoms with Crippen LogP contribution < -0.4 is 15.8 Å². The van der Waals surface area contributed by atoms with Crippen LogP contribution in [0.25, 0.3) is 11.6 Å². The van der Waals surface area contributed by atoms with Crippen LogP contribution in [0.1, 0.15) is 23.4 Å². The summed E-state index contributed by atoms with van der Waals surface area (Å²) in [6.45, 7) is 0.621. The monoisotopic (exact) mass is 298 g/mol. The molecule has 1 aromatic carbocycles. The van der Waals surface area contributed by atoms with Gasteiger partial charge >= 0.3 is 0 Å². The first-order valence-electron chi connectivity index (χ1n) is 7.16. The minimum absolute atomic E-state index is 0.129. The third-order valence-corrected chi connectivity index (χ3v) is 3.67. The molecule has 114 valence electrons. The van der Waals surface area contributed by atoms with E-state index >= 15 is 0 Å². The number of nitrogens with zero attached hydrogens (tertiary/aromatic N) is 1. The Kier molecular flexibility index (Phi) is 3.93. The van der Waals surface area contributed by atoms with E-state index in [0.29, 0.717) is 17.9 Å². The number of imidazole rings is 1. The second-order valence-corrected chi connectivity index (χ2v) is 5.08. The molecule has 0 saturated carbocycles. The molecule has 22 heavy (non-hydrogen) atoms. The molecular formula is C16H18N4O2. The van der Waals surface area contributed by atoms with Gasteiger partial charge in [-0.05, 0) is 43.7 Å². The number of nitrogens with two attached hydrogens (primary N) is 1. The maximum absolute atomic E-state index is 12.2. The summed E-state index contributed by atoms with van der Waals surface area (Å²) in [7, 11) is 1.61. The van der Waals surface area contributed by atoms with E-state index in [9.17, 15) is 4.79 Å². The van der Waals surface area contributed by atoms with Crippen LogP contribution >= 0.6 is 0 Å². The largest absolute Gasteiger partial charge is 0.497 e. The number of rotatable bonds is 5. The van der Waals surface area contributed by atoms with Gasteiger partial charge in [0.2, 0.25) is 0 Å². The average Bonchev–Trinajstić information content (AvgIpc) is 3.10. The number of benzene rings is 1. The number of nitrogens with one attached hydrogen (secondary N) is 2. The highest BCUT2D eigenvalue weighted by Crippen LogP contribution is 2.35. The van der Waals surface area contributed by atoms with Crippen LogP contribution in [0.2, 0.25) is 0 Å². The quantitative estimate of drug-likeness (QED) is 0.734. The van der Waals surface area contributed by atoms with Crippen molar-refractivity contribution in [1.82, 2.24) is 9.97 Å². The maximum Gasteiger partial charge on any atom is 0.256 e. The van der Waals surface area contributed by atoms with E-state index < -0.39 is 0 Å². The Morgan fingerprint density at radius 2 is 2.27 bits per heavy atom. The molecule has 0 aliphatic carbocycles. The highest BCUT2D eigenvalue weighted by Gasteiger charge is 2.25. The molecule has 0 unspecified atom stereocenters. The van der Waals surface area contributed by atoms with E-state index in [2.05, 4.69) is 15.3 Å². The Morgan fingerprint density at radius 3 is 3.05 bits per heavy atom. The van der Waals surface area contributed by atoms with Crippen LogP contribution in [-0.2, 0) is 11.2 Å². The van der Waals surface area contributed by atoms with Crippen molar-refractivity contribution in [2.24, 2.45) is 5.73 Å². The molecule has 1 aromatic heterocycles. The molecule has 0 spiro atoms. The predicted molar refractivity (Wildman–Crippen MR) is 85.5 cm³/mol. The topological polar surface area (TPSA) is 93.0 Å². The van der Waals surface area contributed by atoms with Crippen molar-refractivity contribution in [3.8, 4) is 5.75 Å². The third kappa shape index (κ3) is 2.60. The van der Waals surface area contributed by atoms with Gasteiger partial charge in [-0.2, -0.15) is 0 Å². The van der Waals surface area contributed by atoms with E-state index in [0.717, 1.165) is 35.5 Å². The fraction of sp³-hybridized carbons (Fsp3) is 0.250. The molecular weight excluding hydrogens is 280 g/mol. The van der Waals surface area contributed by atoms with Gasteiger partial charge in [-0.15, -0.1) is 0 Å². The number of ether oxygens (including phenoxy) is 1. The molecule has 1 aliphatic heterocycles. The molecule has 0 fully saturated rings. The number of H-pyrrole nitrogens is 1. The van der Waals surface area contributed by atoms with Crippen molar-refractivity contribution in [2.75, 3.05) is 19.0 Å². The smallest absolute Gasteiger partial charge is 0.256 e. The van der Waals surface area contributed by atoms with E-state index in [1.54, 1.807) is 13.4 Å². The zero-order valence-corrected chi connectivity index (χ0v) is 12.3. The SMILES string of the molecule is COc1ccc2c(c1)C(=Cc1nc[nH]c1CCCN)C(=O)N2. The van der Waals surface area contributed by atoms with Crippen LogP contribution in [0.3, 0.4) is 0 Å². The van der Waals surface area contributed by atoms with Crippen molar-refractivity contribution >= 4 is 23.2 Å². The van der Waals surface area contributed by atoms with Gasteiger partial charge in [0.1, 0.15) is 5.75 Å². The summed E-state index contributed by atoms with van der Waals surface area (Å²) in [4.78, 5) is 19.6. The molecule has 0 saturated heterocycles. The van der Waals surface area contributed by atoms with E-state index in [-0.39, 0.29) is 5.91 Å². The summed E-state index contributed by atoms with van der Waals surface area (Å²) in [6, 6.07) is 5.52. The van der Waals surface area contributed by atoms with Gasteiger partial charge in [0.25, 0.3) is 5.91 Å². The zero-order chi connectivity index (χ0) is 15.5. The molecule has 2 heterocycles. The third-order valence-electron chi connectivity index (χ3n) is 3.67. The van der Waals surface area contributed by atoms with Crippen molar-refractivity contribution in [3.63, 3.8) is 0 Å². The van der Waals surface area contributed by atoms with Crippen molar-refractivity contribution < 1.29 is 9.53 Å². The standard InChI is InChI=1S/C16H18N4O2/c1-22-10-4-5-13-11(7-10)12(16(21)20-13)8-15-14(3-2-6-17)18-9-19-15/h4-5,7-9H,2-3,6,17H2,1H3,(H,18,19)(H,20,21). The second kappa shape index (κ2) is 6.03. The number of amides is 1. The van der Waals surface area contributed by atoms with Crippen molar-refractivity contribution in [3.05, 3.63) is 41.5 Å². The number of aryl methyl sites for hydroxylation is 1. The Morgan fingerprint density at radius 1 is 1.41 bits per heavy atom. The summed E-state index contributed by atoms with van der Waals surface area (Å²) in [6.07, 6.45) is 5.12. The summed E-state index contributed by atoms with van der Waals surface area (Å²) in [5.41, 5.74) is 9.52. The van der Waals surface area contributed by atoms with Gasteiger partial charge in [-0.3, -0.25) is 4.79 Å². The van der Waals surface area contributed by atoms with Crippen LogP contribution in [0.5, 0.6) is 5.75 Å². The minimum atomic E-state index is -0.129. The molecule has 0 bridgehead atoms. The zero-order valence-electron chi connectivity index (χ0n) is 12.3. The molecule has 2 aromatic rings. The molecule has 1 amide bonds. The van der Waals surface area contributed by atoms with Gasteiger partial charge in [-0.25, -0.2) is 4.98 Å². The van der Waals surface area contributed by atoms with Crippen molar-refractivity contribution in [1.29, 1.82) is 0 Å². The summed E-state index contributed by atoms with van der Waals surface area (Å²) in [5, 5.41) is 2.85. The number of fused-ring (bicyclic) bond motifs is 1. The number of hydrogen-bond acceptors (Lipinski definition) is 4. The summed E-state index contributed by atoms with van der Waals surface area (Å²) in [5.74, 6) is 0.586. The first kappa shape index (κ1) is 14.3. The van der Waals surface area contributed by atoms with Gasteiger partial charge < -0.3 is 20.8 Å². The second-order valence-electron chi connectivity index (χ2n) is 5.08. The minimum Gasteiger partial charge on any atom is -0.497 e. The van der Waals surface area contributed by atoms with E-state index in [1.165, 1.54) is 0 Å². The Hall–Kier alpha value is -2.60. The Balaban J connectivity index is 1.99. The van der Waals surface area contributed by atoms with Gasteiger partial charge in [-0.1, -0.05) is 0 Å². The lowest BCUT2D eigenvalue weighted by Crippen LogP contribution is -2.04. The number of aromatic nitrogens is 2. The van der Waals surface area contributed by atoms with Crippen LogP contribution in [0.4, 0.5) is 5.69 Å². The van der Waals surface area contributed by atoms with Gasteiger partial charge in [0.15, 0.2) is 0 Å². The molecule has 4 N–H and O–H groups in total. The average molecular weight is 298 g/mol. The highest BCUT2D eigenvalue weighted by molar-refractivity contribution is 6.34. The Labute approximate surface area is 128 Å². The van der Waals surface area contributed by atoms with Crippen LogP contribution in [-0.4, -0.2) is 29.5 Å². The van der Waals surface area contributed by atoms with Crippen LogP contribution in [0, 0.1) is 0 Å². The lowest BCUT2D eigenvalue weighted by Gasteiger charge is -2.03. The number of carbonyl (C=O) groups excluding carboxylic acids is 1. The molecule has 3 rings (SSSR count). The first-order chi connectivity index (χ1) is 10.7. The predicted octanol–water partition coefficient (Wildman–Crippen LogP) is 1.80. The molecule has 1 aliphatic rings. The fourth-order valence-electron chi connectivity index (χ4n) is 2.51. The highest BCUT2D eigenvalue weighted by atomic mass is 16.5. The summed E-state index contributed by atoms with van der Waals surface area (Å²) >= 11 is 0. The van der Waals surface area contributed by atoms with Crippen LogP contribution in [0.15, 0.2) is 24.5 Å². The molecule has 6 nitrogen and oxygen atoms in total. The van der Waals surface area contributed by atoms with E-state index in [4.69, 9.17) is 10.5 Å². The Bertz CT molecular complexity index is 733. The first-order valence-corrected chi connectivity index (χ1v) is 7.16. The number of anilines is 1. The number of aromatic amines is 1. The van der Waals surface area contributed by atoms with E-state index in [1.807, 2.05) is 24.3 Å². The normalized spacial score (nSPS) is 15.0. The maximum atomic E-state index is 12.2. The van der Waals surface area contributed by atoms with Gasteiger partial charge in [0, 0.05) is 16.9 Å². The lowest BCUT2D eigenvalue weighted by atomic mass is 10.0. The van der Waals surface area contributed by atoms with Crippen molar-refractivity contribution in [2.45, 2.75) is 12.8 Å².